The van der Waals surface area contributed by atoms with Crippen molar-refractivity contribution >= 4 is 11.6 Å². The van der Waals surface area contributed by atoms with Crippen LogP contribution >= 0.6 is 0 Å². The Balaban J connectivity index is 2.20. The predicted octanol–water partition coefficient (Wildman–Crippen LogP) is 3.09. The van der Waals surface area contributed by atoms with E-state index in [2.05, 4.69) is 38.2 Å². The lowest BCUT2D eigenvalue weighted by Crippen LogP contribution is -2.39. The second-order valence-corrected chi connectivity index (χ2v) is 5.63. The number of anilines is 1. The number of carbonyl (C=O) groups is 1. The highest BCUT2D eigenvalue weighted by Crippen LogP contribution is 2.32. The topological polar surface area (TPSA) is 32.3 Å². The minimum atomic E-state index is 0.0242. The van der Waals surface area contributed by atoms with Gasteiger partial charge in [0.2, 0.25) is 5.91 Å². The fraction of sp³-hybridized carbons (Fsp3) is 0.562. The third kappa shape index (κ3) is 3.09. The van der Waals surface area contributed by atoms with Gasteiger partial charge in [-0.2, -0.15) is 0 Å². The van der Waals surface area contributed by atoms with Crippen molar-refractivity contribution in [3.05, 3.63) is 29.8 Å². The molecule has 0 saturated carbocycles. The van der Waals surface area contributed by atoms with Crippen LogP contribution in [0.5, 0.6) is 0 Å². The number of amides is 1. The van der Waals surface area contributed by atoms with E-state index in [9.17, 15) is 4.79 Å². The zero-order valence-corrected chi connectivity index (χ0v) is 12.1. The van der Waals surface area contributed by atoms with Gasteiger partial charge in [0.05, 0.1) is 5.92 Å². The number of fused-ring (bicyclic) bond motifs is 1. The number of hydrogen-bond acceptors (Lipinski definition) is 2. The van der Waals surface area contributed by atoms with Crippen molar-refractivity contribution in [3.63, 3.8) is 0 Å². The van der Waals surface area contributed by atoms with Crippen LogP contribution in [0.25, 0.3) is 0 Å². The Hall–Kier alpha value is -1.51. The molecular weight excluding hydrogens is 236 g/mol. The van der Waals surface area contributed by atoms with Gasteiger partial charge in [-0.05, 0) is 30.9 Å². The SMILES string of the molecule is CCN(CC(C)C)C(=O)C1CCNc2ccccc21. The Kier molecular flexibility index (Phi) is 4.46. The Bertz CT molecular complexity index is 442. The molecule has 1 heterocycles. The average molecular weight is 260 g/mol. The maximum Gasteiger partial charge on any atom is 0.230 e. The second-order valence-electron chi connectivity index (χ2n) is 5.63. The molecule has 1 aliphatic rings. The maximum absolute atomic E-state index is 12.7. The summed E-state index contributed by atoms with van der Waals surface area (Å²) < 4.78 is 0. The fourth-order valence-corrected chi connectivity index (χ4v) is 2.76. The first-order chi connectivity index (χ1) is 9.13. The van der Waals surface area contributed by atoms with E-state index in [1.165, 1.54) is 0 Å². The monoisotopic (exact) mass is 260 g/mol. The van der Waals surface area contributed by atoms with Crippen LogP contribution in [0.2, 0.25) is 0 Å². The molecule has 1 amide bonds. The molecule has 0 aromatic heterocycles. The van der Waals surface area contributed by atoms with Crippen LogP contribution in [-0.4, -0.2) is 30.4 Å². The van der Waals surface area contributed by atoms with Crippen molar-refractivity contribution < 1.29 is 4.79 Å². The molecule has 1 aliphatic heterocycles. The standard InChI is InChI=1S/C16H24N2O/c1-4-18(11-12(2)3)16(19)14-9-10-17-15-8-6-5-7-13(14)15/h5-8,12,14,17H,4,9-11H2,1-3H3. The van der Waals surface area contributed by atoms with E-state index in [1.807, 2.05) is 17.0 Å². The quantitative estimate of drug-likeness (QED) is 0.902. The van der Waals surface area contributed by atoms with Gasteiger partial charge in [0.15, 0.2) is 0 Å². The van der Waals surface area contributed by atoms with Gasteiger partial charge in [0, 0.05) is 25.3 Å². The van der Waals surface area contributed by atoms with Crippen molar-refractivity contribution in [2.75, 3.05) is 25.0 Å². The molecule has 1 atom stereocenters. The molecule has 104 valence electrons. The van der Waals surface area contributed by atoms with Gasteiger partial charge in [-0.25, -0.2) is 0 Å². The highest BCUT2D eigenvalue weighted by atomic mass is 16.2. The molecule has 3 heteroatoms. The number of benzene rings is 1. The highest BCUT2D eigenvalue weighted by Gasteiger charge is 2.29. The molecule has 0 radical (unpaired) electrons. The van der Waals surface area contributed by atoms with Crippen molar-refractivity contribution in [2.45, 2.75) is 33.1 Å². The number of nitrogens with zero attached hydrogens (tertiary/aromatic N) is 1. The van der Waals surface area contributed by atoms with Crippen molar-refractivity contribution in [1.29, 1.82) is 0 Å². The van der Waals surface area contributed by atoms with Crippen LogP contribution in [0.1, 0.15) is 38.7 Å². The van der Waals surface area contributed by atoms with Gasteiger partial charge in [0.25, 0.3) is 0 Å². The molecule has 0 bridgehead atoms. The number of nitrogens with one attached hydrogen (secondary N) is 1. The molecule has 1 aromatic carbocycles. The second kappa shape index (κ2) is 6.09. The molecule has 1 aromatic rings. The van der Waals surface area contributed by atoms with Crippen LogP contribution in [0.4, 0.5) is 5.69 Å². The summed E-state index contributed by atoms with van der Waals surface area (Å²) in [6.45, 7) is 8.91. The average Bonchev–Trinajstić information content (AvgIpc) is 2.43. The lowest BCUT2D eigenvalue weighted by molar-refractivity contribution is -0.133. The van der Waals surface area contributed by atoms with E-state index in [0.717, 1.165) is 37.3 Å². The lowest BCUT2D eigenvalue weighted by atomic mass is 9.89. The molecule has 19 heavy (non-hydrogen) atoms. The van der Waals surface area contributed by atoms with Crippen molar-refractivity contribution in [1.82, 2.24) is 4.90 Å². The Morgan fingerprint density at radius 2 is 2.16 bits per heavy atom. The first kappa shape index (κ1) is 13.9. The molecular formula is C16H24N2O. The normalized spacial score (nSPS) is 17.8. The highest BCUT2D eigenvalue weighted by molar-refractivity contribution is 5.86. The molecule has 0 fully saturated rings. The summed E-state index contributed by atoms with van der Waals surface area (Å²) in [5.74, 6) is 0.821. The third-order valence-corrected chi connectivity index (χ3v) is 3.66. The molecule has 1 unspecified atom stereocenters. The van der Waals surface area contributed by atoms with E-state index < -0.39 is 0 Å². The first-order valence-corrected chi connectivity index (χ1v) is 7.25. The summed E-state index contributed by atoms with van der Waals surface area (Å²) in [7, 11) is 0. The number of carbonyl (C=O) groups excluding carboxylic acids is 1. The van der Waals surface area contributed by atoms with Gasteiger partial charge in [-0.15, -0.1) is 0 Å². The van der Waals surface area contributed by atoms with E-state index >= 15 is 0 Å². The first-order valence-electron chi connectivity index (χ1n) is 7.25. The third-order valence-electron chi connectivity index (χ3n) is 3.66. The zero-order valence-electron chi connectivity index (χ0n) is 12.1. The Morgan fingerprint density at radius 1 is 1.42 bits per heavy atom. The number of para-hydroxylation sites is 1. The molecule has 0 spiro atoms. The van der Waals surface area contributed by atoms with Crippen molar-refractivity contribution in [2.24, 2.45) is 5.92 Å². The largest absolute Gasteiger partial charge is 0.385 e. The molecule has 0 saturated heterocycles. The van der Waals surface area contributed by atoms with Gasteiger partial charge >= 0.3 is 0 Å². The van der Waals surface area contributed by atoms with Crippen LogP contribution in [0, 0.1) is 5.92 Å². The molecule has 3 nitrogen and oxygen atoms in total. The Labute approximate surface area is 116 Å². The van der Waals surface area contributed by atoms with E-state index in [1.54, 1.807) is 0 Å². The fourth-order valence-electron chi connectivity index (χ4n) is 2.76. The molecule has 1 N–H and O–H groups in total. The van der Waals surface area contributed by atoms with E-state index in [-0.39, 0.29) is 11.8 Å². The summed E-state index contributed by atoms with van der Waals surface area (Å²) in [5, 5.41) is 3.37. The number of likely N-dealkylation sites (N-methyl/N-ethyl adjacent to an activating group) is 1. The maximum atomic E-state index is 12.7. The minimum Gasteiger partial charge on any atom is -0.385 e. The summed E-state index contributed by atoms with van der Waals surface area (Å²) in [6, 6.07) is 8.18. The number of rotatable bonds is 4. The predicted molar refractivity (Wildman–Crippen MR) is 79.4 cm³/mol. The van der Waals surface area contributed by atoms with Gasteiger partial charge in [-0.3, -0.25) is 4.79 Å². The van der Waals surface area contributed by atoms with Gasteiger partial charge in [-0.1, -0.05) is 32.0 Å². The number of hydrogen-bond donors (Lipinski definition) is 1. The van der Waals surface area contributed by atoms with E-state index in [0.29, 0.717) is 5.92 Å². The van der Waals surface area contributed by atoms with Gasteiger partial charge in [0.1, 0.15) is 0 Å². The molecule has 2 rings (SSSR count). The lowest BCUT2D eigenvalue weighted by Gasteiger charge is -2.31. The van der Waals surface area contributed by atoms with Crippen LogP contribution in [0.15, 0.2) is 24.3 Å². The summed E-state index contributed by atoms with van der Waals surface area (Å²) >= 11 is 0. The van der Waals surface area contributed by atoms with Crippen LogP contribution < -0.4 is 5.32 Å². The summed E-state index contributed by atoms with van der Waals surface area (Å²) in [4.78, 5) is 14.7. The zero-order chi connectivity index (χ0) is 13.8. The summed E-state index contributed by atoms with van der Waals surface area (Å²) in [6.07, 6.45) is 0.893. The molecule has 0 aliphatic carbocycles. The van der Waals surface area contributed by atoms with Crippen LogP contribution in [0.3, 0.4) is 0 Å². The van der Waals surface area contributed by atoms with E-state index in [4.69, 9.17) is 0 Å². The summed E-state index contributed by atoms with van der Waals surface area (Å²) in [5.41, 5.74) is 2.27. The van der Waals surface area contributed by atoms with Crippen molar-refractivity contribution in [3.8, 4) is 0 Å². The Morgan fingerprint density at radius 3 is 2.84 bits per heavy atom. The smallest absolute Gasteiger partial charge is 0.230 e. The van der Waals surface area contributed by atoms with Crippen LogP contribution in [-0.2, 0) is 4.79 Å². The minimum absolute atomic E-state index is 0.0242. The van der Waals surface area contributed by atoms with Gasteiger partial charge < -0.3 is 10.2 Å².